The quantitative estimate of drug-likeness (QED) is 0.362. The van der Waals surface area contributed by atoms with E-state index in [0.717, 1.165) is 16.7 Å². The first-order chi connectivity index (χ1) is 21.0. The molecule has 2 amide bonds. The lowest BCUT2D eigenvalue weighted by molar-refractivity contribution is -0.133. The molecule has 3 aromatic carbocycles. The Hall–Kier alpha value is -4.93. The molecule has 0 saturated heterocycles. The van der Waals surface area contributed by atoms with Crippen LogP contribution >= 0.6 is 0 Å². The van der Waals surface area contributed by atoms with Gasteiger partial charge in [-0.15, -0.1) is 0 Å². The number of nitrogens with one attached hydrogen (secondary N) is 1. The van der Waals surface area contributed by atoms with Crippen LogP contribution in [-0.4, -0.2) is 58.3 Å². The highest BCUT2D eigenvalue weighted by atomic mass is 19.1. The van der Waals surface area contributed by atoms with Crippen LogP contribution in [-0.2, 0) is 17.8 Å². The van der Waals surface area contributed by atoms with Crippen LogP contribution in [0, 0.1) is 5.82 Å². The highest BCUT2D eigenvalue weighted by molar-refractivity contribution is 5.94. The van der Waals surface area contributed by atoms with Gasteiger partial charge in [-0.2, -0.15) is 5.10 Å². The lowest BCUT2D eigenvalue weighted by Crippen LogP contribution is -2.40. The molecule has 0 aliphatic carbocycles. The highest BCUT2D eigenvalue weighted by Crippen LogP contribution is 2.41. The van der Waals surface area contributed by atoms with Crippen LogP contribution in [0.4, 0.5) is 4.39 Å². The van der Waals surface area contributed by atoms with Crippen molar-refractivity contribution in [1.82, 2.24) is 25.0 Å². The van der Waals surface area contributed by atoms with Gasteiger partial charge in [0.25, 0.3) is 5.91 Å². The van der Waals surface area contributed by atoms with Crippen molar-refractivity contribution in [2.24, 2.45) is 0 Å². The van der Waals surface area contributed by atoms with Crippen LogP contribution in [0.25, 0.3) is 0 Å². The number of methoxy groups -OCH3 is 1. The molecule has 43 heavy (non-hydrogen) atoms. The number of rotatable bonds is 5. The molecule has 1 unspecified atom stereocenters. The molecule has 4 aromatic rings. The lowest BCUT2D eigenvalue weighted by Gasteiger charge is -2.38. The van der Waals surface area contributed by atoms with E-state index in [2.05, 4.69) is 15.4 Å². The Kier molecular flexibility index (Phi) is 8.21. The number of hydrogen-bond acceptors (Lipinski definition) is 7. The van der Waals surface area contributed by atoms with Gasteiger partial charge < -0.3 is 24.4 Å². The molecule has 4 heterocycles. The highest BCUT2D eigenvalue weighted by Gasteiger charge is 2.33. The smallest absolute Gasteiger partial charge is 0.254 e. The van der Waals surface area contributed by atoms with Crippen LogP contribution < -0.4 is 19.5 Å². The minimum Gasteiger partial charge on any atom is -0.493 e. The molecule has 0 saturated carbocycles. The fourth-order valence-electron chi connectivity index (χ4n) is 5.58. The van der Waals surface area contributed by atoms with E-state index >= 15 is 0 Å². The van der Waals surface area contributed by atoms with Crippen molar-refractivity contribution in [3.63, 3.8) is 0 Å². The summed E-state index contributed by atoms with van der Waals surface area (Å²) in [5, 5.41) is 6.88. The van der Waals surface area contributed by atoms with Crippen LogP contribution in [0.15, 0.2) is 67.3 Å². The molecule has 1 N–H and O–H groups in total. The minimum absolute atomic E-state index is 0.0473. The van der Waals surface area contributed by atoms with Crippen molar-refractivity contribution in [2.75, 3.05) is 26.8 Å². The maximum absolute atomic E-state index is 14.5. The number of ether oxygens (including phenoxy) is 3. The number of benzene rings is 3. The van der Waals surface area contributed by atoms with E-state index in [1.807, 2.05) is 41.3 Å². The van der Waals surface area contributed by atoms with Gasteiger partial charge in [0.05, 0.1) is 25.3 Å². The number of carbonyl (C=O) groups excluding carboxylic acids is 2. The van der Waals surface area contributed by atoms with Crippen molar-refractivity contribution >= 4 is 11.8 Å². The molecule has 222 valence electrons. The fraction of sp³-hybridized carbons (Fsp3) is 0.312. The molecule has 0 radical (unpaired) electrons. The molecule has 8 bridgehead atoms. The monoisotopic (exact) mass is 585 g/mol. The van der Waals surface area contributed by atoms with E-state index in [-0.39, 0.29) is 24.1 Å². The van der Waals surface area contributed by atoms with Crippen molar-refractivity contribution in [3.05, 3.63) is 95.3 Å². The zero-order chi connectivity index (χ0) is 29.8. The van der Waals surface area contributed by atoms with Crippen molar-refractivity contribution < 1.29 is 28.2 Å². The molecule has 11 heteroatoms. The van der Waals surface area contributed by atoms with Crippen LogP contribution in [0.5, 0.6) is 23.0 Å². The van der Waals surface area contributed by atoms with E-state index in [9.17, 15) is 14.0 Å². The Labute approximate surface area is 248 Å². The van der Waals surface area contributed by atoms with E-state index < -0.39 is 11.7 Å². The van der Waals surface area contributed by atoms with Gasteiger partial charge in [-0.3, -0.25) is 14.3 Å². The van der Waals surface area contributed by atoms with E-state index in [4.69, 9.17) is 14.2 Å². The number of aryl methyl sites for hydroxylation is 1. The number of fused-ring (bicyclic) bond motifs is 6. The molecular formula is C32H32FN5O5. The molecule has 1 atom stereocenters. The topological polar surface area (TPSA) is 108 Å². The maximum Gasteiger partial charge on any atom is 0.254 e. The third kappa shape index (κ3) is 6.15. The second-order valence-corrected chi connectivity index (χ2v) is 10.5. The average molecular weight is 586 g/mol. The largest absolute Gasteiger partial charge is 0.493 e. The number of nitrogens with zero attached hydrogens (tertiary/aromatic N) is 4. The second-order valence-electron chi connectivity index (χ2n) is 10.5. The Balaban J connectivity index is 1.37. The van der Waals surface area contributed by atoms with Crippen molar-refractivity contribution in [3.8, 4) is 23.0 Å². The van der Waals surface area contributed by atoms with Gasteiger partial charge in [0, 0.05) is 26.1 Å². The predicted molar refractivity (Wildman–Crippen MR) is 155 cm³/mol. The van der Waals surface area contributed by atoms with Gasteiger partial charge in [-0.05, 0) is 78.4 Å². The first-order valence-electron chi connectivity index (χ1n) is 14.3. The lowest BCUT2D eigenvalue weighted by atomic mass is 9.87. The van der Waals surface area contributed by atoms with Gasteiger partial charge in [0.15, 0.2) is 11.5 Å². The van der Waals surface area contributed by atoms with Crippen LogP contribution in [0.2, 0.25) is 0 Å². The van der Waals surface area contributed by atoms with E-state index in [0.29, 0.717) is 68.4 Å². The SMILES string of the molecule is COc1ccc2cc1OCCCNC(=O)c1cc(ccc1F)Oc1ccc3c(c1)CCN(C(=O)CCCn1cncn1)C23. The summed E-state index contributed by atoms with van der Waals surface area (Å²) in [5.41, 5.74) is 2.82. The number of carbonyl (C=O) groups is 2. The van der Waals surface area contributed by atoms with Crippen LogP contribution in [0.1, 0.15) is 52.4 Å². The summed E-state index contributed by atoms with van der Waals surface area (Å²) < 4.78 is 34.0. The van der Waals surface area contributed by atoms with Crippen LogP contribution in [0.3, 0.4) is 0 Å². The summed E-state index contributed by atoms with van der Waals surface area (Å²) in [7, 11) is 1.58. The normalized spacial score (nSPS) is 16.4. The summed E-state index contributed by atoms with van der Waals surface area (Å²) in [4.78, 5) is 32.3. The van der Waals surface area contributed by atoms with Gasteiger partial charge >= 0.3 is 0 Å². The molecule has 0 fully saturated rings. The summed E-state index contributed by atoms with van der Waals surface area (Å²) >= 11 is 0. The van der Waals surface area contributed by atoms with Gasteiger partial charge in [0.1, 0.15) is 30.0 Å². The zero-order valence-electron chi connectivity index (χ0n) is 23.8. The molecule has 0 spiro atoms. The van der Waals surface area contributed by atoms with Crippen molar-refractivity contribution in [1.29, 1.82) is 0 Å². The Morgan fingerprint density at radius 1 is 1.14 bits per heavy atom. The minimum atomic E-state index is -0.628. The summed E-state index contributed by atoms with van der Waals surface area (Å²) in [6.07, 6.45) is 5.25. The summed E-state index contributed by atoms with van der Waals surface area (Å²) in [6, 6.07) is 15.3. The van der Waals surface area contributed by atoms with Crippen molar-refractivity contribution in [2.45, 2.75) is 38.3 Å². The maximum atomic E-state index is 14.5. The summed E-state index contributed by atoms with van der Waals surface area (Å²) in [5.74, 6) is 0.907. The molecule has 10 nitrogen and oxygen atoms in total. The number of amides is 2. The third-order valence-corrected chi connectivity index (χ3v) is 7.69. The zero-order valence-corrected chi connectivity index (χ0v) is 23.8. The first kappa shape index (κ1) is 28.2. The molecular weight excluding hydrogens is 553 g/mol. The predicted octanol–water partition coefficient (Wildman–Crippen LogP) is 4.68. The van der Waals surface area contributed by atoms with Gasteiger partial charge in [0.2, 0.25) is 5.91 Å². The summed E-state index contributed by atoms with van der Waals surface area (Å²) in [6.45, 7) is 1.70. The molecule has 7 rings (SSSR count). The Morgan fingerprint density at radius 2 is 2.00 bits per heavy atom. The third-order valence-electron chi connectivity index (χ3n) is 7.69. The fourth-order valence-corrected chi connectivity index (χ4v) is 5.58. The first-order valence-corrected chi connectivity index (χ1v) is 14.3. The van der Waals surface area contributed by atoms with E-state index in [1.54, 1.807) is 18.1 Å². The molecule has 3 aliphatic rings. The number of halogens is 1. The number of aromatic nitrogens is 3. The molecule has 3 aliphatic heterocycles. The molecule has 1 aromatic heterocycles. The van der Waals surface area contributed by atoms with Gasteiger partial charge in [-0.25, -0.2) is 9.37 Å². The van der Waals surface area contributed by atoms with E-state index in [1.165, 1.54) is 24.5 Å². The Morgan fingerprint density at radius 3 is 2.84 bits per heavy atom. The number of hydrogen-bond donors (Lipinski definition) is 1. The average Bonchev–Trinajstić information content (AvgIpc) is 3.54. The second kappa shape index (κ2) is 12.5. The standard InChI is InChI=1S/C32H32FN5O5/c1-41-28-10-5-22-17-29(28)42-15-3-12-35-32(40)26-18-24(7-9-27(26)33)43-23-6-8-25-21(16-23)11-14-38(31(22)25)30(39)4-2-13-37-20-34-19-36-37/h5-10,16-20,31H,2-4,11-15H2,1H3,(H,35,40). The Bertz CT molecular complexity index is 1630. The van der Waals surface area contributed by atoms with Gasteiger partial charge in [-0.1, -0.05) is 12.1 Å².